The van der Waals surface area contributed by atoms with E-state index in [0.29, 0.717) is 54.7 Å². The molecule has 2 aromatic heterocycles. The van der Waals surface area contributed by atoms with Crippen LogP contribution in [0.5, 0.6) is 5.75 Å². The predicted molar refractivity (Wildman–Crippen MR) is 146 cm³/mol. The standard InChI is InChI=1S/C26H33ClN8O3/c1-16-24(30-9-8-28)31-22-14-19-20-5-3-4-11-34(20)26(37)18-13-17(27)6-7-21(18)38-15-23(36)29-10-12-33(2)25(16)35(22)32-19/h6-7,13-14,20H,3-5,8-12,15,28H2,1-2H3,(H,29,36)(H,30,31). The fourth-order valence-electron chi connectivity index (χ4n) is 5.16. The van der Waals surface area contributed by atoms with E-state index in [1.807, 2.05) is 34.4 Å². The number of hydrogen-bond acceptors (Lipinski definition) is 8. The molecule has 1 saturated heterocycles. The van der Waals surface area contributed by atoms with Crippen molar-refractivity contribution in [2.75, 3.05) is 56.6 Å². The summed E-state index contributed by atoms with van der Waals surface area (Å²) < 4.78 is 7.63. The van der Waals surface area contributed by atoms with Gasteiger partial charge in [-0.2, -0.15) is 9.61 Å². The number of nitrogens with two attached hydrogens (primary N) is 1. The first kappa shape index (κ1) is 26.1. The summed E-state index contributed by atoms with van der Waals surface area (Å²) in [6.07, 6.45) is 2.63. The number of nitrogens with zero attached hydrogens (tertiary/aromatic N) is 5. The lowest BCUT2D eigenvalue weighted by atomic mass is 9.98. The SMILES string of the molecule is Cc1c(NCCN)nc2cc3nn2c1N(C)CCNC(=O)COc1ccc(Cl)cc1C(=O)N1CCCCC31. The first-order chi connectivity index (χ1) is 18.4. The first-order valence-electron chi connectivity index (χ1n) is 12.9. The zero-order valence-corrected chi connectivity index (χ0v) is 22.4. The van der Waals surface area contributed by atoms with Gasteiger partial charge in [-0.15, -0.1) is 0 Å². The number of halogens is 1. The Kier molecular flexibility index (Phi) is 7.57. The largest absolute Gasteiger partial charge is 0.483 e. The molecule has 4 heterocycles. The van der Waals surface area contributed by atoms with Crippen LogP contribution in [-0.2, 0) is 4.79 Å². The van der Waals surface area contributed by atoms with Crippen molar-refractivity contribution in [2.24, 2.45) is 5.73 Å². The normalized spacial score (nSPS) is 18.7. The fourth-order valence-corrected chi connectivity index (χ4v) is 5.33. The Morgan fingerprint density at radius 1 is 1.24 bits per heavy atom. The van der Waals surface area contributed by atoms with Crippen molar-refractivity contribution in [1.29, 1.82) is 0 Å². The molecule has 1 fully saturated rings. The molecule has 0 aliphatic carbocycles. The molecule has 202 valence electrons. The quantitative estimate of drug-likeness (QED) is 0.461. The minimum atomic E-state index is -0.280. The summed E-state index contributed by atoms with van der Waals surface area (Å²) >= 11 is 6.28. The Morgan fingerprint density at radius 2 is 2.08 bits per heavy atom. The third-order valence-electron chi connectivity index (χ3n) is 7.03. The Balaban J connectivity index is 1.65. The van der Waals surface area contributed by atoms with Crippen LogP contribution in [0.3, 0.4) is 0 Å². The summed E-state index contributed by atoms with van der Waals surface area (Å²) in [6.45, 7) is 4.34. The summed E-state index contributed by atoms with van der Waals surface area (Å²) in [6, 6.07) is 6.61. The van der Waals surface area contributed by atoms with Gasteiger partial charge >= 0.3 is 0 Å². The molecule has 0 saturated carbocycles. The second-order valence-corrected chi connectivity index (χ2v) is 10.1. The lowest BCUT2D eigenvalue weighted by Gasteiger charge is -2.35. The monoisotopic (exact) mass is 540 g/mol. The van der Waals surface area contributed by atoms with E-state index in [0.717, 1.165) is 42.2 Å². The number of piperidine rings is 1. The average Bonchev–Trinajstić information content (AvgIpc) is 3.33. The highest BCUT2D eigenvalue weighted by Gasteiger charge is 2.33. The van der Waals surface area contributed by atoms with Crippen molar-refractivity contribution in [3.63, 3.8) is 0 Å². The van der Waals surface area contributed by atoms with E-state index in [9.17, 15) is 9.59 Å². The fraction of sp³-hybridized carbons (Fsp3) is 0.462. The van der Waals surface area contributed by atoms with E-state index in [1.54, 1.807) is 18.2 Å². The molecule has 12 heteroatoms. The zero-order valence-electron chi connectivity index (χ0n) is 21.7. The molecule has 1 unspecified atom stereocenters. The molecule has 5 rings (SSSR count). The summed E-state index contributed by atoms with van der Waals surface area (Å²) in [5.41, 5.74) is 8.43. The number of carbonyl (C=O) groups is 2. The van der Waals surface area contributed by atoms with Gasteiger partial charge in [0.15, 0.2) is 12.3 Å². The molecular weight excluding hydrogens is 508 g/mol. The van der Waals surface area contributed by atoms with E-state index in [2.05, 4.69) is 10.6 Å². The van der Waals surface area contributed by atoms with Crippen molar-refractivity contribution in [3.8, 4) is 5.75 Å². The smallest absolute Gasteiger partial charge is 0.258 e. The molecule has 4 N–H and O–H groups in total. The molecule has 3 aromatic rings. The highest BCUT2D eigenvalue weighted by Crippen LogP contribution is 2.36. The maximum Gasteiger partial charge on any atom is 0.258 e. The van der Waals surface area contributed by atoms with Crippen LogP contribution in [-0.4, -0.2) is 77.7 Å². The number of ether oxygens (including phenoxy) is 1. The molecule has 38 heavy (non-hydrogen) atoms. The molecule has 2 bridgehead atoms. The maximum absolute atomic E-state index is 13.9. The van der Waals surface area contributed by atoms with E-state index in [-0.39, 0.29) is 24.5 Å². The number of amides is 2. The van der Waals surface area contributed by atoms with Crippen LogP contribution in [0.25, 0.3) is 5.65 Å². The minimum absolute atomic E-state index is 0.205. The summed E-state index contributed by atoms with van der Waals surface area (Å²) in [4.78, 5) is 35.2. The van der Waals surface area contributed by atoms with Gasteiger partial charge in [0.05, 0.1) is 17.3 Å². The number of hydrogen-bond donors (Lipinski definition) is 3. The van der Waals surface area contributed by atoms with Crippen molar-refractivity contribution in [1.82, 2.24) is 24.8 Å². The lowest BCUT2D eigenvalue weighted by Crippen LogP contribution is -2.39. The molecule has 0 radical (unpaired) electrons. The molecule has 0 spiro atoms. The molecule has 11 nitrogen and oxygen atoms in total. The maximum atomic E-state index is 13.9. The third-order valence-corrected chi connectivity index (χ3v) is 7.27. The number of rotatable bonds is 3. The molecular formula is C26H33ClN8O3. The van der Waals surface area contributed by atoms with E-state index in [1.165, 1.54) is 0 Å². The van der Waals surface area contributed by atoms with Crippen molar-refractivity contribution < 1.29 is 14.3 Å². The van der Waals surface area contributed by atoms with Crippen LogP contribution in [0.1, 0.15) is 46.9 Å². The number of anilines is 2. The number of nitrogens with one attached hydrogen (secondary N) is 2. The molecule has 1 atom stereocenters. The molecule has 2 amide bonds. The first-order valence-corrected chi connectivity index (χ1v) is 13.3. The van der Waals surface area contributed by atoms with Crippen LogP contribution in [0, 0.1) is 6.92 Å². The van der Waals surface area contributed by atoms with Crippen LogP contribution < -0.4 is 26.0 Å². The van der Waals surface area contributed by atoms with Crippen molar-refractivity contribution in [3.05, 3.63) is 46.1 Å². The summed E-state index contributed by atoms with van der Waals surface area (Å²) in [7, 11) is 1.96. The van der Waals surface area contributed by atoms with Gasteiger partial charge in [-0.25, -0.2) is 4.98 Å². The van der Waals surface area contributed by atoms with Crippen LogP contribution in [0.15, 0.2) is 24.3 Å². The van der Waals surface area contributed by atoms with Gasteiger partial charge in [0, 0.05) is 56.4 Å². The number of aromatic nitrogens is 3. The van der Waals surface area contributed by atoms with Crippen LogP contribution in [0.2, 0.25) is 5.02 Å². The van der Waals surface area contributed by atoms with E-state index < -0.39 is 0 Å². The highest BCUT2D eigenvalue weighted by atomic mass is 35.5. The van der Waals surface area contributed by atoms with Gasteiger partial charge in [-0.3, -0.25) is 9.59 Å². The summed E-state index contributed by atoms with van der Waals surface area (Å²) in [5, 5.41) is 11.6. The van der Waals surface area contributed by atoms with Crippen molar-refractivity contribution in [2.45, 2.75) is 32.2 Å². The topological polar surface area (TPSA) is 130 Å². The predicted octanol–water partition coefficient (Wildman–Crippen LogP) is 2.37. The van der Waals surface area contributed by atoms with Gasteiger partial charge in [0.2, 0.25) is 0 Å². The Bertz CT molecular complexity index is 1360. The minimum Gasteiger partial charge on any atom is -0.483 e. The number of carbonyl (C=O) groups excluding carboxylic acids is 2. The average molecular weight is 541 g/mol. The Labute approximate surface area is 226 Å². The van der Waals surface area contributed by atoms with Gasteiger partial charge in [0.1, 0.15) is 17.4 Å². The number of fused-ring (bicyclic) bond motifs is 4. The van der Waals surface area contributed by atoms with Gasteiger partial charge in [-0.1, -0.05) is 11.6 Å². The van der Waals surface area contributed by atoms with Gasteiger partial charge in [-0.05, 0) is 44.4 Å². The Hall–Kier alpha value is -3.57. The van der Waals surface area contributed by atoms with Gasteiger partial charge < -0.3 is 30.9 Å². The number of benzene rings is 1. The third kappa shape index (κ3) is 5.08. The van der Waals surface area contributed by atoms with Crippen molar-refractivity contribution >= 4 is 40.7 Å². The second kappa shape index (κ2) is 11.0. The van der Waals surface area contributed by atoms with Gasteiger partial charge in [0.25, 0.3) is 11.8 Å². The molecule has 2 aliphatic heterocycles. The lowest BCUT2D eigenvalue weighted by molar-refractivity contribution is -0.123. The molecule has 1 aromatic carbocycles. The zero-order chi connectivity index (χ0) is 26.8. The number of likely N-dealkylation sites (N-methyl/N-ethyl adjacent to an activating group) is 1. The van der Waals surface area contributed by atoms with Crippen LogP contribution >= 0.6 is 11.6 Å². The highest BCUT2D eigenvalue weighted by molar-refractivity contribution is 6.31. The Morgan fingerprint density at radius 3 is 2.89 bits per heavy atom. The van der Waals surface area contributed by atoms with Crippen LogP contribution in [0.4, 0.5) is 11.6 Å². The second-order valence-electron chi connectivity index (χ2n) is 9.67. The summed E-state index contributed by atoms with van der Waals surface area (Å²) in [5.74, 6) is 1.42. The molecule has 2 aliphatic rings. The van der Waals surface area contributed by atoms with E-state index in [4.69, 9.17) is 32.2 Å². The van der Waals surface area contributed by atoms with E-state index >= 15 is 0 Å².